The summed E-state index contributed by atoms with van der Waals surface area (Å²) in [4.78, 5) is 17.9. The maximum Gasteiger partial charge on any atom is 0.271 e. The Labute approximate surface area is 178 Å². The molecule has 0 saturated heterocycles. The van der Waals surface area contributed by atoms with Gasteiger partial charge < -0.3 is 5.73 Å². The van der Waals surface area contributed by atoms with Gasteiger partial charge in [0.05, 0.1) is 39.4 Å². The van der Waals surface area contributed by atoms with E-state index in [9.17, 15) is 8.42 Å². The zero-order valence-electron chi connectivity index (χ0n) is 16.1. The summed E-state index contributed by atoms with van der Waals surface area (Å²) in [6.45, 7) is 0. The maximum atomic E-state index is 13.7. The van der Waals surface area contributed by atoms with Crippen molar-refractivity contribution in [2.24, 2.45) is 0 Å². The molecule has 8 nitrogen and oxygen atoms in total. The normalized spacial score (nSPS) is 11.6. The lowest BCUT2D eigenvalue weighted by atomic mass is 10.3. The second-order valence-corrected chi connectivity index (χ2v) is 8.56. The molecule has 0 saturated carbocycles. The Morgan fingerprint density at radius 1 is 0.645 bits per heavy atom. The molecule has 0 aliphatic carbocycles. The fourth-order valence-electron chi connectivity index (χ4n) is 3.20. The third-order valence-electron chi connectivity index (χ3n) is 4.71. The van der Waals surface area contributed by atoms with Crippen molar-refractivity contribution >= 4 is 49.4 Å². The summed E-state index contributed by atoms with van der Waals surface area (Å²) in [6, 6.07) is 20.4. The first-order valence-electron chi connectivity index (χ1n) is 9.37. The minimum Gasteiger partial charge on any atom is -0.399 e. The standard InChI is InChI=1S/C22H16N6O2S/c23-15-9-11-16(12-10-15)31(29,30)28(21-13-24-17-5-1-3-7-19(17)26-21)22-14-25-18-6-2-4-8-20(18)27-22/h1-14H,23H2. The van der Waals surface area contributed by atoms with Gasteiger partial charge in [-0.3, -0.25) is 9.97 Å². The van der Waals surface area contributed by atoms with Crippen molar-refractivity contribution < 1.29 is 8.42 Å². The van der Waals surface area contributed by atoms with Gasteiger partial charge in [-0.25, -0.2) is 18.4 Å². The van der Waals surface area contributed by atoms with Crippen molar-refractivity contribution in [3.8, 4) is 0 Å². The van der Waals surface area contributed by atoms with Crippen molar-refractivity contribution in [2.75, 3.05) is 10.0 Å². The van der Waals surface area contributed by atoms with E-state index in [-0.39, 0.29) is 16.5 Å². The highest BCUT2D eigenvalue weighted by atomic mass is 32.2. The first-order valence-corrected chi connectivity index (χ1v) is 10.8. The summed E-state index contributed by atoms with van der Waals surface area (Å²) in [5.74, 6) is 0.222. The molecule has 2 heterocycles. The van der Waals surface area contributed by atoms with Crippen LogP contribution in [-0.2, 0) is 10.0 Å². The Morgan fingerprint density at radius 2 is 1.10 bits per heavy atom. The predicted octanol–water partition coefficient (Wildman–Crippen LogP) is 3.68. The van der Waals surface area contributed by atoms with E-state index >= 15 is 0 Å². The molecule has 2 aromatic heterocycles. The number of nitrogen functional groups attached to an aromatic ring is 1. The van der Waals surface area contributed by atoms with Crippen LogP contribution in [0.5, 0.6) is 0 Å². The molecular weight excluding hydrogens is 412 g/mol. The van der Waals surface area contributed by atoms with Crippen LogP contribution in [0.3, 0.4) is 0 Å². The lowest BCUT2D eigenvalue weighted by molar-refractivity contribution is 0.595. The summed E-state index contributed by atoms with van der Waals surface area (Å²) in [5.41, 5.74) is 8.63. The molecule has 0 bridgehead atoms. The van der Waals surface area contributed by atoms with E-state index in [2.05, 4.69) is 19.9 Å². The number of anilines is 3. The Bertz CT molecular complexity index is 1440. The Hall–Kier alpha value is -4.11. The van der Waals surface area contributed by atoms with Crippen LogP contribution in [0, 0.1) is 0 Å². The number of aromatic nitrogens is 4. The van der Waals surface area contributed by atoms with E-state index in [0.29, 0.717) is 27.8 Å². The average Bonchev–Trinajstić information content (AvgIpc) is 2.79. The van der Waals surface area contributed by atoms with Gasteiger partial charge in [0.1, 0.15) is 0 Å². The van der Waals surface area contributed by atoms with Gasteiger partial charge in [-0.2, -0.15) is 4.31 Å². The van der Waals surface area contributed by atoms with E-state index < -0.39 is 10.0 Å². The van der Waals surface area contributed by atoms with Gasteiger partial charge in [0.25, 0.3) is 10.0 Å². The molecule has 0 spiro atoms. The van der Waals surface area contributed by atoms with Crippen LogP contribution in [0.15, 0.2) is 90.1 Å². The Balaban J connectivity index is 1.75. The second-order valence-electron chi connectivity index (χ2n) is 6.77. The van der Waals surface area contributed by atoms with Crippen molar-refractivity contribution in [2.45, 2.75) is 4.90 Å². The van der Waals surface area contributed by atoms with Gasteiger partial charge in [0.2, 0.25) is 0 Å². The molecule has 0 amide bonds. The van der Waals surface area contributed by atoms with Gasteiger partial charge in [-0.05, 0) is 48.5 Å². The van der Waals surface area contributed by atoms with E-state index in [4.69, 9.17) is 5.73 Å². The van der Waals surface area contributed by atoms with Gasteiger partial charge in [-0.1, -0.05) is 24.3 Å². The van der Waals surface area contributed by atoms with Crippen molar-refractivity contribution in [3.05, 3.63) is 85.2 Å². The molecule has 5 rings (SSSR count). The Kier molecular flexibility index (Phi) is 4.45. The summed E-state index contributed by atoms with van der Waals surface area (Å²) < 4.78 is 28.4. The van der Waals surface area contributed by atoms with Crippen LogP contribution in [-0.4, -0.2) is 28.4 Å². The van der Waals surface area contributed by atoms with Crippen molar-refractivity contribution in [3.63, 3.8) is 0 Å². The van der Waals surface area contributed by atoms with Crippen LogP contribution in [0.25, 0.3) is 22.1 Å². The minimum absolute atomic E-state index is 0.0478. The largest absolute Gasteiger partial charge is 0.399 e. The molecule has 31 heavy (non-hydrogen) atoms. The molecule has 0 aliphatic heterocycles. The van der Waals surface area contributed by atoms with E-state index in [1.807, 2.05) is 24.3 Å². The number of nitrogens with zero attached hydrogens (tertiary/aromatic N) is 5. The zero-order valence-corrected chi connectivity index (χ0v) is 16.9. The van der Waals surface area contributed by atoms with Gasteiger partial charge in [-0.15, -0.1) is 0 Å². The molecule has 0 radical (unpaired) electrons. The van der Waals surface area contributed by atoms with Crippen molar-refractivity contribution in [1.82, 2.24) is 19.9 Å². The third-order valence-corrected chi connectivity index (χ3v) is 6.43. The van der Waals surface area contributed by atoms with Gasteiger partial charge in [0.15, 0.2) is 11.6 Å². The van der Waals surface area contributed by atoms with Crippen LogP contribution >= 0.6 is 0 Å². The average molecular weight is 428 g/mol. The molecule has 9 heteroatoms. The highest BCUT2D eigenvalue weighted by molar-refractivity contribution is 7.93. The minimum atomic E-state index is -4.09. The van der Waals surface area contributed by atoms with Crippen LogP contribution in [0.4, 0.5) is 17.3 Å². The highest BCUT2D eigenvalue weighted by Crippen LogP contribution is 2.31. The smallest absolute Gasteiger partial charge is 0.271 e. The number of hydrogen-bond donors (Lipinski definition) is 1. The number of fused-ring (bicyclic) bond motifs is 2. The number of benzene rings is 3. The molecule has 0 unspecified atom stereocenters. The molecular formula is C22H16N6O2S. The summed E-state index contributed by atoms with van der Waals surface area (Å²) >= 11 is 0. The summed E-state index contributed by atoms with van der Waals surface area (Å²) in [6.07, 6.45) is 2.82. The molecule has 0 atom stereocenters. The van der Waals surface area contributed by atoms with E-state index in [1.54, 1.807) is 24.3 Å². The first kappa shape index (κ1) is 18.9. The number of rotatable bonds is 4. The molecule has 0 fully saturated rings. The quantitative estimate of drug-likeness (QED) is 0.434. The Morgan fingerprint density at radius 3 is 1.58 bits per heavy atom. The number of hydrogen-bond acceptors (Lipinski definition) is 7. The number of nitrogens with two attached hydrogens (primary N) is 1. The third kappa shape index (κ3) is 3.40. The van der Waals surface area contributed by atoms with Gasteiger partial charge in [0, 0.05) is 5.69 Å². The van der Waals surface area contributed by atoms with Crippen molar-refractivity contribution in [1.29, 1.82) is 0 Å². The monoisotopic (exact) mass is 428 g/mol. The molecule has 5 aromatic rings. The van der Waals surface area contributed by atoms with Crippen LogP contribution in [0.1, 0.15) is 0 Å². The topological polar surface area (TPSA) is 115 Å². The lowest BCUT2D eigenvalue weighted by Crippen LogP contribution is -2.28. The molecule has 2 N–H and O–H groups in total. The van der Waals surface area contributed by atoms with Crippen LogP contribution in [0.2, 0.25) is 0 Å². The fourth-order valence-corrected chi connectivity index (χ4v) is 4.56. The first-order chi connectivity index (χ1) is 15.0. The summed E-state index contributed by atoms with van der Waals surface area (Å²) in [5, 5.41) is 0. The highest BCUT2D eigenvalue weighted by Gasteiger charge is 2.30. The molecule has 152 valence electrons. The van der Waals surface area contributed by atoms with Crippen LogP contribution < -0.4 is 10.0 Å². The van der Waals surface area contributed by atoms with E-state index in [0.717, 1.165) is 4.31 Å². The SMILES string of the molecule is Nc1ccc(S(=O)(=O)N(c2cnc3ccccc3n2)c2cnc3ccccc3n2)cc1. The number of sulfonamides is 1. The summed E-state index contributed by atoms with van der Waals surface area (Å²) in [7, 11) is -4.09. The van der Waals surface area contributed by atoms with Gasteiger partial charge >= 0.3 is 0 Å². The fraction of sp³-hybridized carbons (Fsp3) is 0. The molecule has 0 aliphatic rings. The second kappa shape index (κ2) is 7.29. The zero-order chi connectivity index (χ0) is 21.4. The molecule has 3 aromatic carbocycles. The predicted molar refractivity (Wildman–Crippen MR) is 119 cm³/mol. The maximum absolute atomic E-state index is 13.7. The number of para-hydroxylation sites is 4. The van der Waals surface area contributed by atoms with E-state index in [1.165, 1.54) is 36.7 Å². The lowest BCUT2D eigenvalue weighted by Gasteiger charge is -2.22.